The highest BCUT2D eigenvalue weighted by molar-refractivity contribution is 5.91. The van der Waals surface area contributed by atoms with E-state index in [0.29, 0.717) is 5.92 Å². The molecule has 1 saturated carbocycles. The first-order valence-electron chi connectivity index (χ1n) is 12.5. The van der Waals surface area contributed by atoms with Crippen LogP contribution < -0.4 is 0 Å². The van der Waals surface area contributed by atoms with Gasteiger partial charge in [-0.15, -0.1) is 4.91 Å². The summed E-state index contributed by atoms with van der Waals surface area (Å²) in [7, 11) is 0. The normalized spacial score (nSPS) is 13.9. The molecule has 4 aromatic heterocycles. The van der Waals surface area contributed by atoms with Crippen molar-refractivity contribution in [2.45, 2.75) is 58.9 Å². The molecule has 0 spiro atoms. The molecule has 8 nitrogen and oxygen atoms in total. The Hall–Kier alpha value is -4.20. The Kier molecular flexibility index (Phi) is 5.29. The van der Waals surface area contributed by atoms with Crippen molar-refractivity contribution in [1.82, 2.24) is 25.1 Å². The molecule has 1 fully saturated rings. The summed E-state index contributed by atoms with van der Waals surface area (Å²) in [6, 6.07) is 9.70. The molecule has 0 bridgehead atoms. The van der Waals surface area contributed by atoms with Crippen LogP contribution in [0.3, 0.4) is 0 Å². The zero-order valence-electron chi connectivity index (χ0n) is 21.6. The first kappa shape index (κ1) is 23.2. The number of H-pyrrole nitrogens is 1. The Bertz CT molecular complexity index is 1610. The third-order valence-corrected chi connectivity index (χ3v) is 7.45. The highest BCUT2D eigenvalue weighted by Gasteiger charge is 2.43. The first-order chi connectivity index (χ1) is 17.8. The summed E-state index contributed by atoms with van der Waals surface area (Å²) in [5, 5.41) is 8.17. The van der Waals surface area contributed by atoms with E-state index in [-0.39, 0.29) is 0 Å². The number of aryl methyl sites for hydroxylation is 4. The number of hydrogen-bond donors (Lipinski definition) is 1. The van der Waals surface area contributed by atoms with Crippen LogP contribution in [0.2, 0.25) is 0 Å². The molecule has 37 heavy (non-hydrogen) atoms. The number of benzene rings is 1. The van der Waals surface area contributed by atoms with Gasteiger partial charge in [0.15, 0.2) is 5.54 Å². The highest BCUT2D eigenvalue weighted by Crippen LogP contribution is 2.49. The van der Waals surface area contributed by atoms with Gasteiger partial charge in [0.2, 0.25) is 0 Å². The van der Waals surface area contributed by atoms with Crippen molar-refractivity contribution in [2.24, 2.45) is 5.18 Å². The second-order valence-electron chi connectivity index (χ2n) is 10.1. The maximum Gasteiger partial charge on any atom is 0.180 e. The molecule has 4 heterocycles. The molecule has 1 aliphatic rings. The maximum atomic E-state index is 13.4. The van der Waals surface area contributed by atoms with Gasteiger partial charge in [0.05, 0.1) is 16.7 Å². The number of nitroso groups, excluding NO2 is 1. The first-order valence-corrected chi connectivity index (χ1v) is 12.5. The van der Waals surface area contributed by atoms with Gasteiger partial charge in [-0.05, 0) is 105 Å². The van der Waals surface area contributed by atoms with Crippen LogP contribution in [0.1, 0.15) is 69.7 Å². The van der Waals surface area contributed by atoms with E-state index in [2.05, 4.69) is 31.4 Å². The van der Waals surface area contributed by atoms with E-state index < -0.39 is 5.54 Å². The van der Waals surface area contributed by atoms with E-state index in [1.807, 2.05) is 58.9 Å². The number of pyridine rings is 2. The van der Waals surface area contributed by atoms with E-state index in [9.17, 15) is 4.91 Å². The lowest BCUT2D eigenvalue weighted by atomic mass is 9.74. The van der Waals surface area contributed by atoms with Crippen LogP contribution in [0.4, 0.5) is 0 Å². The fourth-order valence-electron chi connectivity index (χ4n) is 5.53. The molecule has 5 aromatic rings. The van der Waals surface area contributed by atoms with Crippen molar-refractivity contribution in [3.63, 3.8) is 0 Å². The van der Waals surface area contributed by atoms with Crippen molar-refractivity contribution in [3.8, 4) is 11.1 Å². The number of fused-ring (bicyclic) bond motifs is 1. The predicted molar refractivity (Wildman–Crippen MR) is 141 cm³/mol. The largest absolute Gasteiger partial charge is 0.361 e. The quantitative estimate of drug-likeness (QED) is 0.271. The lowest BCUT2D eigenvalue weighted by Crippen LogP contribution is -2.29. The van der Waals surface area contributed by atoms with Crippen molar-refractivity contribution >= 4 is 11.0 Å². The van der Waals surface area contributed by atoms with Gasteiger partial charge in [-0.1, -0.05) is 5.16 Å². The van der Waals surface area contributed by atoms with E-state index in [1.165, 1.54) is 0 Å². The van der Waals surface area contributed by atoms with E-state index in [4.69, 9.17) is 9.51 Å². The lowest BCUT2D eigenvalue weighted by Gasteiger charge is -2.31. The predicted octanol–water partition coefficient (Wildman–Crippen LogP) is 6.49. The molecule has 1 aliphatic carbocycles. The number of rotatable bonds is 6. The summed E-state index contributed by atoms with van der Waals surface area (Å²) < 4.78 is 5.55. The Labute approximate surface area is 214 Å². The van der Waals surface area contributed by atoms with E-state index >= 15 is 0 Å². The van der Waals surface area contributed by atoms with Crippen LogP contribution >= 0.6 is 0 Å². The summed E-state index contributed by atoms with van der Waals surface area (Å²) in [4.78, 5) is 30.8. The number of imidazole rings is 1. The van der Waals surface area contributed by atoms with Gasteiger partial charge in [-0.3, -0.25) is 9.97 Å². The average molecular weight is 493 g/mol. The van der Waals surface area contributed by atoms with Crippen molar-refractivity contribution in [2.75, 3.05) is 0 Å². The molecule has 0 radical (unpaired) electrons. The fraction of sp³-hybridized carbons (Fsp3) is 0.310. The van der Waals surface area contributed by atoms with Crippen LogP contribution in [0.25, 0.3) is 22.2 Å². The molecule has 1 aromatic carbocycles. The van der Waals surface area contributed by atoms with Crippen molar-refractivity contribution < 1.29 is 4.52 Å². The third-order valence-electron chi connectivity index (χ3n) is 7.45. The van der Waals surface area contributed by atoms with Gasteiger partial charge in [-0.2, -0.15) is 0 Å². The summed E-state index contributed by atoms with van der Waals surface area (Å²) in [6.45, 7) is 9.70. The SMILES string of the molecule is Cc1cc(C(N=O)(c2ccnc(C)c2)c2c(C)c(-c3c(C)noc3C)cc3[nH]c(C4CC4)nc23)ccn1. The molecule has 0 aliphatic heterocycles. The Balaban J connectivity index is 1.79. The lowest BCUT2D eigenvalue weighted by molar-refractivity contribution is 0.393. The molecular weight excluding hydrogens is 464 g/mol. The molecule has 0 atom stereocenters. The van der Waals surface area contributed by atoms with Crippen LogP contribution in [0.15, 0.2) is 52.4 Å². The molecule has 0 unspecified atom stereocenters. The standard InChI is InChI=1S/C29H28N6O2/c1-15-12-21(8-10-30-15)29(35-36,22-9-11-31-16(2)13-22)26-17(3)23(25-18(4)34-37-19(25)5)14-24-27(26)33-28(32-24)20-6-7-20/h8-14,20H,6-7H2,1-5H3,(H,32,33). The van der Waals surface area contributed by atoms with Gasteiger partial charge in [0, 0.05) is 40.8 Å². The van der Waals surface area contributed by atoms with Crippen LogP contribution in [-0.2, 0) is 5.54 Å². The van der Waals surface area contributed by atoms with Crippen LogP contribution in [0, 0.1) is 39.5 Å². The molecule has 1 N–H and O–H groups in total. The smallest absolute Gasteiger partial charge is 0.180 e. The monoisotopic (exact) mass is 492 g/mol. The van der Waals surface area contributed by atoms with E-state index in [1.54, 1.807) is 12.4 Å². The zero-order valence-corrected chi connectivity index (χ0v) is 21.6. The van der Waals surface area contributed by atoms with Crippen LogP contribution in [0.5, 0.6) is 0 Å². The van der Waals surface area contributed by atoms with Gasteiger partial charge in [-0.25, -0.2) is 4.98 Å². The molecule has 186 valence electrons. The third kappa shape index (κ3) is 3.58. The Morgan fingerprint density at radius 2 is 1.62 bits per heavy atom. The molecule has 0 amide bonds. The fourth-order valence-corrected chi connectivity index (χ4v) is 5.53. The minimum atomic E-state index is -1.38. The maximum absolute atomic E-state index is 13.4. The average Bonchev–Trinajstić information content (AvgIpc) is 3.56. The van der Waals surface area contributed by atoms with Gasteiger partial charge in [0.25, 0.3) is 0 Å². The van der Waals surface area contributed by atoms with Crippen molar-refractivity contribution in [1.29, 1.82) is 0 Å². The highest BCUT2D eigenvalue weighted by atomic mass is 16.5. The second kappa shape index (κ2) is 8.44. The number of aromatic amines is 1. The van der Waals surface area contributed by atoms with Crippen molar-refractivity contribution in [3.05, 3.63) is 98.6 Å². The summed E-state index contributed by atoms with van der Waals surface area (Å²) in [6.07, 6.45) is 5.66. The minimum absolute atomic E-state index is 0.410. The summed E-state index contributed by atoms with van der Waals surface area (Å²) >= 11 is 0. The molecule has 8 heteroatoms. The van der Waals surface area contributed by atoms with Gasteiger partial charge >= 0.3 is 0 Å². The number of nitrogens with zero attached hydrogens (tertiary/aromatic N) is 5. The number of aromatic nitrogens is 5. The zero-order chi connectivity index (χ0) is 25.9. The van der Waals surface area contributed by atoms with Crippen LogP contribution in [-0.4, -0.2) is 25.1 Å². The summed E-state index contributed by atoms with van der Waals surface area (Å²) in [5.74, 6) is 2.08. The van der Waals surface area contributed by atoms with Gasteiger partial charge < -0.3 is 9.51 Å². The Morgan fingerprint density at radius 1 is 0.973 bits per heavy atom. The summed E-state index contributed by atoms with van der Waals surface area (Å²) in [5.41, 5.74) is 7.59. The Morgan fingerprint density at radius 3 is 2.14 bits per heavy atom. The topological polar surface area (TPSA) is 110 Å². The number of hydrogen-bond acceptors (Lipinski definition) is 7. The van der Waals surface area contributed by atoms with Gasteiger partial charge in [0.1, 0.15) is 11.6 Å². The second-order valence-corrected chi connectivity index (χ2v) is 10.1. The molecule has 0 saturated heterocycles. The molecular formula is C29H28N6O2. The van der Waals surface area contributed by atoms with E-state index in [0.717, 1.165) is 85.9 Å². The number of nitrogens with one attached hydrogen (secondary N) is 1. The molecule has 6 rings (SSSR count). The minimum Gasteiger partial charge on any atom is -0.361 e.